The second kappa shape index (κ2) is 11.0. The number of nitrogens with zero attached hydrogens (tertiary/aromatic N) is 5. The van der Waals surface area contributed by atoms with Gasteiger partial charge in [-0.15, -0.1) is 13.2 Å². The number of rotatable bonds is 5. The summed E-state index contributed by atoms with van der Waals surface area (Å²) >= 11 is 6.00. The summed E-state index contributed by atoms with van der Waals surface area (Å²) in [6.07, 6.45) is -6.37. The van der Waals surface area contributed by atoms with Crippen LogP contribution in [0.3, 0.4) is 0 Å². The molecule has 1 aromatic heterocycles. The zero-order valence-electron chi connectivity index (χ0n) is 19.7. The van der Waals surface area contributed by atoms with Crippen LogP contribution in [0.15, 0.2) is 60.9 Å². The molecule has 15 heteroatoms. The van der Waals surface area contributed by atoms with Crippen LogP contribution in [0.5, 0.6) is 5.75 Å². The first-order chi connectivity index (χ1) is 18.4. The SMILES string of the molecule is N#CCN(C(=O)N1CCC(n2cc(Cl)cn2)C(c2cccc(C(F)(F)F)c2)N1)c1ccc(OC(F)(F)F)cc1. The topological polar surface area (TPSA) is 86.4 Å². The van der Waals surface area contributed by atoms with Crippen molar-refractivity contribution in [2.75, 3.05) is 18.0 Å². The lowest BCUT2D eigenvalue weighted by Crippen LogP contribution is -2.56. The molecular formula is C24H19ClF6N6O2. The second-order valence-corrected chi connectivity index (χ2v) is 8.88. The van der Waals surface area contributed by atoms with Crippen LogP contribution in [0.1, 0.15) is 29.6 Å². The van der Waals surface area contributed by atoms with Crippen molar-refractivity contribution in [3.05, 3.63) is 77.1 Å². The summed E-state index contributed by atoms with van der Waals surface area (Å²) < 4.78 is 83.1. The third-order valence-corrected chi connectivity index (χ3v) is 6.08. The number of hydrogen-bond acceptors (Lipinski definition) is 5. The zero-order valence-corrected chi connectivity index (χ0v) is 20.5. The molecule has 0 radical (unpaired) electrons. The van der Waals surface area contributed by atoms with E-state index in [1.165, 1.54) is 41.3 Å². The molecule has 4 rings (SSSR count). The number of aromatic nitrogens is 2. The number of amides is 2. The van der Waals surface area contributed by atoms with Gasteiger partial charge >= 0.3 is 18.6 Å². The molecule has 1 saturated heterocycles. The number of urea groups is 1. The van der Waals surface area contributed by atoms with Crippen molar-refractivity contribution < 1.29 is 35.9 Å². The molecule has 2 unspecified atom stereocenters. The number of nitrogens with one attached hydrogen (secondary N) is 1. The lowest BCUT2D eigenvalue weighted by molar-refractivity contribution is -0.274. The lowest BCUT2D eigenvalue weighted by atomic mass is 9.94. The van der Waals surface area contributed by atoms with Crippen LogP contribution in [0.25, 0.3) is 0 Å². The van der Waals surface area contributed by atoms with Gasteiger partial charge in [-0.25, -0.2) is 10.2 Å². The van der Waals surface area contributed by atoms with E-state index in [9.17, 15) is 36.4 Å². The normalized spacial score (nSPS) is 17.9. The Labute approximate surface area is 222 Å². The first-order valence-corrected chi connectivity index (χ1v) is 11.7. The molecule has 1 N–H and O–H groups in total. The molecule has 2 aromatic carbocycles. The van der Waals surface area contributed by atoms with Crippen molar-refractivity contribution in [3.8, 4) is 11.8 Å². The summed E-state index contributed by atoms with van der Waals surface area (Å²) in [6.45, 7) is -0.392. The first-order valence-electron chi connectivity index (χ1n) is 11.3. The third kappa shape index (κ3) is 6.73. The second-order valence-electron chi connectivity index (χ2n) is 8.44. The lowest BCUT2D eigenvalue weighted by Gasteiger charge is -2.41. The van der Waals surface area contributed by atoms with E-state index in [4.69, 9.17) is 11.6 Å². The standard InChI is InChI=1S/C24H19ClF6N6O2/c25-17-13-33-37(14-17)20-8-10-36(34-21(20)15-2-1-3-16(12-15)23(26,27)28)22(38)35(11-9-32)18-4-6-19(7-5-18)39-24(29,30)31/h1-7,12-14,20-21,34H,8,10-11H2. The molecule has 0 bridgehead atoms. The number of carbonyl (C=O) groups is 1. The Bertz CT molecular complexity index is 1350. The van der Waals surface area contributed by atoms with Crippen LogP contribution in [0, 0.1) is 11.3 Å². The van der Waals surface area contributed by atoms with Crippen molar-refractivity contribution in [2.24, 2.45) is 0 Å². The molecule has 1 fully saturated rings. The predicted octanol–water partition coefficient (Wildman–Crippen LogP) is 6.10. The van der Waals surface area contributed by atoms with E-state index < -0.39 is 48.5 Å². The summed E-state index contributed by atoms with van der Waals surface area (Å²) in [5, 5.41) is 14.9. The highest BCUT2D eigenvalue weighted by atomic mass is 35.5. The molecule has 2 amide bonds. The van der Waals surface area contributed by atoms with E-state index in [-0.39, 0.29) is 24.2 Å². The largest absolute Gasteiger partial charge is 0.573 e. The zero-order chi connectivity index (χ0) is 28.4. The maximum atomic E-state index is 13.5. The van der Waals surface area contributed by atoms with E-state index in [0.717, 1.165) is 34.2 Å². The fraction of sp³-hybridized carbons (Fsp3) is 0.292. The quantitative estimate of drug-likeness (QED) is 0.295. The summed E-state index contributed by atoms with van der Waals surface area (Å²) in [4.78, 5) is 14.5. The number of nitriles is 1. The number of anilines is 1. The van der Waals surface area contributed by atoms with Gasteiger partial charge in [0.25, 0.3) is 0 Å². The predicted molar refractivity (Wildman–Crippen MR) is 126 cm³/mol. The Hall–Kier alpha value is -3.96. The number of benzene rings is 2. The average molecular weight is 573 g/mol. The molecular weight excluding hydrogens is 554 g/mol. The molecule has 206 valence electrons. The number of alkyl halides is 6. The minimum absolute atomic E-state index is 0.0631. The van der Waals surface area contributed by atoms with Crippen LogP contribution >= 0.6 is 11.6 Å². The smallest absolute Gasteiger partial charge is 0.406 e. The molecule has 0 spiro atoms. The van der Waals surface area contributed by atoms with Gasteiger partial charge < -0.3 is 4.74 Å². The van der Waals surface area contributed by atoms with Crippen LogP contribution in [0.2, 0.25) is 5.02 Å². The van der Waals surface area contributed by atoms with Crippen molar-refractivity contribution in [2.45, 2.75) is 31.0 Å². The van der Waals surface area contributed by atoms with Gasteiger partial charge in [-0.3, -0.25) is 14.6 Å². The molecule has 8 nitrogen and oxygen atoms in total. The van der Waals surface area contributed by atoms with E-state index in [2.05, 4.69) is 15.3 Å². The van der Waals surface area contributed by atoms with Crippen molar-refractivity contribution in [3.63, 3.8) is 0 Å². The minimum atomic E-state index is -4.91. The average Bonchev–Trinajstić information content (AvgIpc) is 3.32. The molecule has 39 heavy (non-hydrogen) atoms. The van der Waals surface area contributed by atoms with Crippen LogP contribution in [0.4, 0.5) is 36.8 Å². The van der Waals surface area contributed by atoms with Crippen LogP contribution < -0.4 is 15.1 Å². The van der Waals surface area contributed by atoms with Gasteiger partial charge in [-0.2, -0.15) is 23.5 Å². The highest BCUT2D eigenvalue weighted by Crippen LogP contribution is 2.37. The van der Waals surface area contributed by atoms with Crippen molar-refractivity contribution >= 4 is 23.3 Å². The Balaban J connectivity index is 1.63. The Morgan fingerprint density at radius 3 is 2.49 bits per heavy atom. The van der Waals surface area contributed by atoms with E-state index >= 15 is 0 Å². The maximum Gasteiger partial charge on any atom is 0.573 e. The summed E-state index contributed by atoms with van der Waals surface area (Å²) in [7, 11) is 0. The van der Waals surface area contributed by atoms with Gasteiger partial charge in [-0.1, -0.05) is 23.7 Å². The Morgan fingerprint density at radius 1 is 1.18 bits per heavy atom. The van der Waals surface area contributed by atoms with E-state index in [0.29, 0.717) is 5.02 Å². The van der Waals surface area contributed by atoms with E-state index in [1.54, 1.807) is 0 Å². The van der Waals surface area contributed by atoms with Crippen molar-refractivity contribution in [1.82, 2.24) is 20.2 Å². The highest BCUT2D eigenvalue weighted by molar-refractivity contribution is 6.30. The monoisotopic (exact) mass is 572 g/mol. The third-order valence-electron chi connectivity index (χ3n) is 5.88. The summed E-state index contributed by atoms with van der Waals surface area (Å²) in [5.41, 5.74) is 2.39. The molecule has 3 aromatic rings. The first kappa shape index (κ1) is 28.1. The number of hydrogen-bond donors (Lipinski definition) is 1. The molecule has 1 aliphatic rings. The van der Waals surface area contributed by atoms with Crippen LogP contribution in [-0.2, 0) is 6.18 Å². The van der Waals surface area contributed by atoms with Gasteiger partial charge in [-0.05, 0) is 48.4 Å². The number of carbonyl (C=O) groups excluding carboxylic acids is 1. The van der Waals surface area contributed by atoms with Gasteiger partial charge in [0.2, 0.25) is 0 Å². The fourth-order valence-electron chi connectivity index (χ4n) is 4.20. The summed E-state index contributed by atoms with van der Waals surface area (Å²) in [5.74, 6) is -0.517. The summed E-state index contributed by atoms with van der Waals surface area (Å²) in [6, 6.07) is 8.65. The van der Waals surface area contributed by atoms with Gasteiger partial charge in [0, 0.05) is 18.4 Å². The van der Waals surface area contributed by atoms with E-state index in [1.807, 2.05) is 6.07 Å². The number of hydrazine groups is 1. The fourth-order valence-corrected chi connectivity index (χ4v) is 4.34. The molecule has 2 atom stereocenters. The molecule has 0 aliphatic carbocycles. The van der Waals surface area contributed by atoms with Crippen molar-refractivity contribution in [1.29, 1.82) is 5.26 Å². The molecule has 0 saturated carbocycles. The van der Waals surface area contributed by atoms with Gasteiger partial charge in [0.15, 0.2) is 0 Å². The highest BCUT2D eigenvalue weighted by Gasteiger charge is 2.38. The Morgan fingerprint density at radius 2 is 1.90 bits per heavy atom. The number of halogens is 7. The number of ether oxygens (including phenoxy) is 1. The Kier molecular flexibility index (Phi) is 7.94. The van der Waals surface area contributed by atoms with Crippen LogP contribution in [-0.4, -0.2) is 40.3 Å². The maximum absolute atomic E-state index is 13.5. The van der Waals surface area contributed by atoms with Gasteiger partial charge in [0.05, 0.1) is 34.9 Å². The molecule has 1 aliphatic heterocycles. The molecule has 2 heterocycles. The van der Waals surface area contributed by atoms with Gasteiger partial charge in [0.1, 0.15) is 12.3 Å². The minimum Gasteiger partial charge on any atom is -0.406 e.